The number of aromatic hydroxyl groups is 1. The highest BCUT2D eigenvalue weighted by atomic mass is 35.5. The van der Waals surface area contributed by atoms with E-state index >= 15 is 0 Å². The van der Waals surface area contributed by atoms with Crippen LogP contribution in [-0.2, 0) is 16.1 Å². The fraction of sp³-hybridized carbons (Fsp3) is 0.241. The lowest BCUT2D eigenvalue weighted by atomic mass is 10.0. The average Bonchev–Trinajstić information content (AvgIpc) is 3.49. The smallest absolute Gasteiger partial charge is 0.323 e. The van der Waals surface area contributed by atoms with Crippen LogP contribution in [0.4, 0.5) is 0 Å². The van der Waals surface area contributed by atoms with E-state index in [0.29, 0.717) is 36.0 Å². The summed E-state index contributed by atoms with van der Waals surface area (Å²) in [6, 6.07) is 19.5. The molecule has 0 aliphatic carbocycles. The third kappa shape index (κ3) is 5.05. The number of nitrogens with zero attached hydrogens (tertiary/aromatic N) is 1. The lowest BCUT2D eigenvalue weighted by molar-refractivity contribution is -0.146. The summed E-state index contributed by atoms with van der Waals surface area (Å²) >= 11 is 6.29. The molecule has 5 rings (SSSR count). The Labute approximate surface area is 225 Å². The molecule has 38 heavy (non-hydrogen) atoms. The molecule has 1 amide bonds. The molecule has 0 radical (unpaired) electrons. The number of fused-ring (bicyclic) bond motifs is 1. The number of phenolic OH excluding ortho intramolecular Hbond substituents is 1. The van der Waals surface area contributed by atoms with Crippen LogP contribution in [0.15, 0.2) is 66.7 Å². The van der Waals surface area contributed by atoms with Crippen LogP contribution >= 0.6 is 11.6 Å². The minimum Gasteiger partial charge on any atom is -0.504 e. The molecule has 0 bridgehead atoms. The van der Waals surface area contributed by atoms with E-state index in [1.807, 2.05) is 53.4 Å². The second-order valence-electron chi connectivity index (χ2n) is 9.31. The first-order valence-corrected chi connectivity index (χ1v) is 12.6. The summed E-state index contributed by atoms with van der Waals surface area (Å²) in [5.74, 6) is -0.242. The zero-order valence-corrected chi connectivity index (χ0v) is 21.8. The zero-order valence-electron chi connectivity index (χ0n) is 21.0. The average molecular weight is 534 g/mol. The Bertz CT molecular complexity index is 1490. The van der Waals surface area contributed by atoms with Crippen LogP contribution in [0.5, 0.6) is 11.5 Å². The van der Waals surface area contributed by atoms with Gasteiger partial charge in [-0.05, 0) is 47.9 Å². The molecule has 1 aliphatic rings. The minimum absolute atomic E-state index is 0.0241. The lowest BCUT2D eigenvalue weighted by Gasteiger charge is -2.22. The van der Waals surface area contributed by atoms with Gasteiger partial charge in [-0.2, -0.15) is 0 Å². The van der Waals surface area contributed by atoms with E-state index in [1.165, 1.54) is 14.2 Å². The molecule has 1 saturated heterocycles. The number of halogens is 1. The molecule has 8 nitrogen and oxygen atoms in total. The van der Waals surface area contributed by atoms with Crippen LogP contribution in [0.1, 0.15) is 22.5 Å². The Kier molecular flexibility index (Phi) is 7.26. The number of likely N-dealkylation sites (tertiary alicyclic amines) is 1. The topological polar surface area (TPSA) is 104 Å². The fourth-order valence-corrected chi connectivity index (χ4v) is 5.30. The van der Waals surface area contributed by atoms with Crippen molar-refractivity contribution in [2.45, 2.75) is 25.0 Å². The number of benzene rings is 3. The molecule has 2 heterocycles. The molecule has 3 aromatic carbocycles. The zero-order chi connectivity index (χ0) is 26.8. The summed E-state index contributed by atoms with van der Waals surface area (Å²) in [5.41, 5.74) is 3.71. The first-order chi connectivity index (χ1) is 18.4. The SMILES string of the molecule is COC(=O)[C@@H]1C[C@H](NC(=O)c2[nH]c3ccc(Cl)cc3c2-c2ccccc2)CN1Cc1ccc(OC)c(O)c1. The second kappa shape index (κ2) is 10.8. The van der Waals surface area contributed by atoms with Gasteiger partial charge in [-0.1, -0.05) is 48.0 Å². The lowest BCUT2D eigenvalue weighted by Crippen LogP contribution is -2.38. The van der Waals surface area contributed by atoms with Gasteiger partial charge in [0.2, 0.25) is 0 Å². The van der Waals surface area contributed by atoms with Gasteiger partial charge in [0, 0.05) is 40.6 Å². The predicted molar refractivity (Wildman–Crippen MR) is 145 cm³/mol. The van der Waals surface area contributed by atoms with Crippen molar-refractivity contribution in [1.82, 2.24) is 15.2 Å². The molecule has 0 unspecified atom stereocenters. The summed E-state index contributed by atoms with van der Waals surface area (Å²) in [4.78, 5) is 31.4. The largest absolute Gasteiger partial charge is 0.504 e. The Morgan fingerprint density at radius 1 is 1.11 bits per heavy atom. The number of rotatable bonds is 7. The Hall–Kier alpha value is -4.01. The molecule has 9 heteroatoms. The van der Waals surface area contributed by atoms with Crippen molar-refractivity contribution in [2.24, 2.45) is 0 Å². The number of carbonyl (C=O) groups excluding carboxylic acids is 2. The van der Waals surface area contributed by atoms with Crippen molar-refractivity contribution < 1.29 is 24.2 Å². The van der Waals surface area contributed by atoms with Crippen LogP contribution in [0, 0.1) is 0 Å². The summed E-state index contributed by atoms with van der Waals surface area (Å²) in [5, 5.41) is 14.7. The fourth-order valence-electron chi connectivity index (χ4n) is 5.13. The third-order valence-electron chi connectivity index (χ3n) is 6.89. The number of H-pyrrole nitrogens is 1. The number of aromatic amines is 1. The van der Waals surface area contributed by atoms with E-state index in [4.69, 9.17) is 21.1 Å². The summed E-state index contributed by atoms with van der Waals surface area (Å²) in [6.45, 7) is 0.828. The monoisotopic (exact) mass is 533 g/mol. The van der Waals surface area contributed by atoms with Gasteiger partial charge in [-0.25, -0.2) is 0 Å². The number of ether oxygens (including phenoxy) is 2. The van der Waals surface area contributed by atoms with Crippen molar-refractivity contribution in [3.05, 3.63) is 83.0 Å². The standard InChI is InChI=1S/C29H28ClN3O5/c1-37-25-11-8-17(12-24(25)34)15-33-16-20(14-23(33)29(36)38-2)31-28(35)27-26(18-6-4-3-5-7-18)21-13-19(30)9-10-22(21)32-27/h3-13,20,23,32,34H,14-16H2,1-2H3,(H,31,35)/t20-,23-/m0/s1. The molecular weight excluding hydrogens is 506 g/mol. The second-order valence-corrected chi connectivity index (χ2v) is 9.75. The molecule has 2 atom stereocenters. The number of hydrogen-bond acceptors (Lipinski definition) is 6. The van der Waals surface area contributed by atoms with Crippen LogP contribution in [0.25, 0.3) is 22.0 Å². The highest BCUT2D eigenvalue weighted by molar-refractivity contribution is 6.31. The molecule has 1 aromatic heterocycles. The van der Waals surface area contributed by atoms with Crippen LogP contribution in [-0.4, -0.2) is 59.7 Å². The number of methoxy groups -OCH3 is 2. The Balaban J connectivity index is 1.40. The molecule has 1 aliphatic heterocycles. The molecule has 3 N–H and O–H groups in total. The van der Waals surface area contributed by atoms with Gasteiger partial charge in [-0.3, -0.25) is 14.5 Å². The van der Waals surface area contributed by atoms with Crippen molar-refractivity contribution in [1.29, 1.82) is 0 Å². The number of phenols is 1. The van der Waals surface area contributed by atoms with E-state index in [0.717, 1.165) is 27.6 Å². The number of nitrogens with one attached hydrogen (secondary N) is 2. The van der Waals surface area contributed by atoms with E-state index in [2.05, 4.69) is 10.3 Å². The number of amides is 1. The maximum absolute atomic E-state index is 13.6. The van der Waals surface area contributed by atoms with E-state index in [-0.39, 0.29) is 23.7 Å². The van der Waals surface area contributed by atoms with Gasteiger partial charge < -0.3 is 24.9 Å². The predicted octanol–water partition coefficient (Wildman–Crippen LogP) is 4.75. The molecule has 196 valence electrons. The number of hydrogen-bond donors (Lipinski definition) is 3. The van der Waals surface area contributed by atoms with Crippen molar-refractivity contribution >= 4 is 34.4 Å². The van der Waals surface area contributed by atoms with Crippen molar-refractivity contribution in [2.75, 3.05) is 20.8 Å². The van der Waals surface area contributed by atoms with Gasteiger partial charge in [0.25, 0.3) is 5.91 Å². The molecule has 0 saturated carbocycles. The number of esters is 1. The molecule has 0 spiro atoms. The van der Waals surface area contributed by atoms with Gasteiger partial charge in [0.05, 0.1) is 14.2 Å². The van der Waals surface area contributed by atoms with Crippen LogP contribution in [0.2, 0.25) is 5.02 Å². The molecular formula is C29H28ClN3O5. The Morgan fingerprint density at radius 3 is 2.61 bits per heavy atom. The molecule has 4 aromatic rings. The number of carbonyl (C=O) groups is 2. The number of aromatic nitrogens is 1. The van der Waals surface area contributed by atoms with E-state index in [9.17, 15) is 14.7 Å². The van der Waals surface area contributed by atoms with Gasteiger partial charge >= 0.3 is 5.97 Å². The first kappa shape index (κ1) is 25.6. The van der Waals surface area contributed by atoms with Crippen molar-refractivity contribution in [3.63, 3.8) is 0 Å². The maximum atomic E-state index is 13.6. The summed E-state index contributed by atoms with van der Waals surface area (Å²) in [7, 11) is 2.84. The van der Waals surface area contributed by atoms with E-state index in [1.54, 1.807) is 18.2 Å². The Morgan fingerprint density at radius 2 is 1.89 bits per heavy atom. The van der Waals surface area contributed by atoms with Crippen LogP contribution in [0.3, 0.4) is 0 Å². The third-order valence-corrected chi connectivity index (χ3v) is 7.13. The highest BCUT2D eigenvalue weighted by Gasteiger charge is 2.38. The molecule has 1 fully saturated rings. The minimum atomic E-state index is -0.537. The van der Waals surface area contributed by atoms with Crippen molar-refractivity contribution in [3.8, 4) is 22.6 Å². The van der Waals surface area contributed by atoms with Gasteiger partial charge in [0.1, 0.15) is 11.7 Å². The maximum Gasteiger partial charge on any atom is 0.323 e. The van der Waals surface area contributed by atoms with E-state index < -0.39 is 6.04 Å². The summed E-state index contributed by atoms with van der Waals surface area (Å²) in [6.07, 6.45) is 0.396. The van der Waals surface area contributed by atoms with Crippen LogP contribution < -0.4 is 10.1 Å². The van der Waals surface area contributed by atoms with Gasteiger partial charge in [0.15, 0.2) is 11.5 Å². The first-order valence-electron chi connectivity index (χ1n) is 12.2. The van der Waals surface area contributed by atoms with Gasteiger partial charge in [-0.15, -0.1) is 0 Å². The quantitative estimate of drug-likeness (QED) is 0.296. The normalized spacial score (nSPS) is 17.4. The highest BCUT2D eigenvalue weighted by Crippen LogP contribution is 2.34. The summed E-state index contributed by atoms with van der Waals surface area (Å²) < 4.78 is 10.2.